The van der Waals surface area contributed by atoms with E-state index in [9.17, 15) is 0 Å². The Hall–Kier alpha value is -0.260. The molecular formula is C12H24. The largest absolute Gasteiger partial charge is 0.0862 e. The zero-order valence-corrected chi connectivity index (χ0v) is 9.19. The van der Waals surface area contributed by atoms with Crippen LogP contribution in [0.25, 0.3) is 0 Å². The van der Waals surface area contributed by atoms with Crippen LogP contribution in [0.2, 0.25) is 0 Å². The zero-order valence-electron chi connectivity index (χ0n) is 9.19. The third kappa shape index (κ3) is 7.84. The predicted octanol–water partition coefficient (Wildman–Crippen LogP) is 4.56. The molecule has 0 aromatic heterocycles. The average Bonchev–Trinajstić information content (AvgIpc) is 2.40. The van der Waals surface area contributed by atoms with Crippen LogP contribution in [-0.4, -0.2) is 0 Å². The number of hydrogen-bond donors (Lipinski definition) is 0. The second-order valence-corrected chi connectivity index (χ2v) is 4.08. The van der Waals surface area contributed by atoms with Gasteiger partial charge in [-0.25, -0.2) is 0 Å². The van der Waals surface area contributed by atoms with Crippen molar-refractivity contribution in [1.82, 2.24) is 0 Å². The quantitative estimate of drug-likeness (QED) is 0.503. The number of allylic oxidation sites excluding steroid dienone is 2. The van der Waals surface area contributed by atoms with Crippen LogP contribution in [-0.2, 0) is 0 Å². The lowest BCUT2D eigenvalue weighted by Gasteiger charge is -1.91. The zero-order chi connectivity index (χ0) is 9.40. The van der Waals surface area contributed by atoms with E-state index in [1.165, 1.54) is 37.7 Å². The highest BCUT2D eigenvalue weighted by Crippen LogP contribution is 2.22. The summed E-state index contributed by atoms with van der Waals surface area (Å²) < 4.78 is 0. The topological polar surface area (TPSA) is 0 Å². The normalized spacial score (nSPS) is 16.7. The first-order chi connectivity index (χ1) is 5.66. The molecule has 0 spiro atoms. The van der Waals surface area contributed by atoms with E-state index in [0.717, 1.165) is 5.92 Å². The molecule has 0 heteroatoms. The van der Waals surface area contributed by atoms with E-state index in [2.05, 4.69) is 33.8 Å². The minimum Gasteiger partial charge on any atom is -0.0862 e. The Morgan fingerprint density at radius 3 is 1.83 bits per heavy atom. The van der Waals surface area contributed by atoms with Gasteiger partial charge >= 0.3 is 0 Å². The van der Waals surface area contributed by atoms with Gasteiger partial charge in [0, 0.05) is 0 Å². The van der Waals surface area contributed by atoms with Gasteiger partial charge in [0.15, 0.2) is 0 Å². The van der Waals surface area contributed by atoms with Crippen LogP contribution >= 0.6 is 0 Å². The first-order valence-corrected chi connectivity index (χ1v) is 5.30. The summed E-state index contributed by atoms with van der Waals surface area (Å²) >= 11 is 0. The van der Waals surface area contributed by atoms with E-state index < -0.39 is 0 Å². The third-order valence-electron chi connectivity index (χ3n) is 2.26. The van der Waals surface area contributed by atoms with Crippen LogP contribution in [0.1, 0.15) is 59.8 Å². The summed E-state index contributed by atoms with van der Waals surface area (Å²) in [5, 5.41) is 0. The second-order valence-electron chi connectivity index (χ2n) is 4.08. The molecule has 12 heavy (non-hydrogen) atoms. The lowest BCUT2D eigenvalue weighted by atomic mass is 10.2. The Bertz CT molecular complexity index is 112. The molecule has 0 N–H and O–H groups in total. The SMILES string of the molecule is CC1CCCC1.CCC=C(C)C. The standard InChI is InChI=1S/2C6H12/c1-6-4-2-3-5-6;1-4-5-6(2)3/h6H,2-5H2,1H3;5H,4H2,1-3H3. The van der Waals surface area contributed by atoms with E-state index in [-0.39, 0.29) is 0 Å². The summed E-state index contributed by atoms with van der Waals surface area (Å²) in [5.41, 5.74) is 1.41. The van der Waals surface area contributed by atoms with Crippen LogP contribution in [0.15, 0.2) is 11.6 Å². The Morgan fingerprint density at radius 2 is 1.75 bits per heavy atom. The maximum Gasteiger partial charge on any atom is -0.0377 e. The summed E-state index contributed by atoms with van der Waals surface area (Å²) in [4.78, 5) is 0. The number of hydrogen-bond acceptors (Lipinski definition) is 0. The molecule has 0 heterocycles. The average molecular weight is 168 g/mol. The maximum atomic E-state index is 2.34. The van der Waals surface area contributed by atoms with Crippen molar-refractivity contribution in [3.63, 3.8) is 0 Å². The van der Waals surface area contributed by atoms with Crippen molar-refractivity contribution in [2.75, 3.05) is 0 Å². The lowest BCUT2D eigenvalue weighted by Crippen LogP contribution is -1.78. The van der Waals surface area contributed by atoms with Gasteiger partial charge in [-0.3, -0.25) is 0 Å². The van der Waals surface area contributed by atoms with Crippen molar-refractivity contribution >= 4 is 0 Å². The molecule has 1 aliphatic rings. The van der Waals surface area contributed by atoms with Gasteiger partial charge in [-0.1, -0.05) is 51.2 Å². The Balaban J connectivity index is 0.000000202. The first kappa shape index (κ1) is 11.7. The number of rotatable bonds is 1. The van der Waals surface area contributed by atoms with E-state index in [1.54, 1.807) is 0 Å². The van der Waals surface area contributed by atoms with Crippen molar-refractivity contribution in [2.24, 2.45) is 5.92 Å². The molecule has 0 aliphatic heterocycles. The molecular weight excluding hydrogens is 144 g/mol. The molecule has 1 aliphatic carbocycles. The molecule has 0 unspecified atom stereocenters. The fourth-order valence-electron chi connectivity index (χ4n) is 1.54. The third-order valence-corrected chi connectivity index (χ3v) is 2.26. The van der Waals surface area contributed by atoms with Crippen LogP contribution in [0.5, 0.6) is 0 Å². The van der Waals surface area contributed by atoms with Crippen molar-refractivity contribution in [2.45, 2.75) is 59.8 Å². The molecule has 0 atom stereocenters. The van der Waals surface area contributed by atoms with Crippen LogP contribution in [0, 0.1) is 5.92 Å². The summed E-state index contributed by atoms with van der Waals surface area (Å²) in [6.45, 7) is 8.72. The Labute approximate surface area is 78.1 Å². The monoisotopic (exact) mass is 168 g/mol. The fraction of sp³-hybridized carbons (Fsp3) is 0.833. The molecule has 0 aromatic rings. The summed E-state index contributed by atoms with van der Waals surface area (Å²) in [6.07, 6.45) is 9.32. The van der Waals surface area contributed by atoms with Crippen molar-refractivity contribution < 1.29 is 0 Å². The van der Waals surface area contributed by atoms with Gasteiger partial charge in [0.2, 0.25) is 0 Å². The second kappa shape index (κ2) is 7.39. The van der Waals surface area contributed by atoms with Crippen molar-refractivity contribution in [3.05, 3.63) is 11.6 Å². The molecule has 0 aromatic carbocycles. The van der Waals surface area contributed by atoms with Gasteiger partial charge in [-0.15, -0.1) is 0 Å². The Morgan fingerprint density at radius 1 is 1.25 bits per heavy atom. The molecule has 0 saturated heterocycles. The summed E-state index contributed by atoms with van der Waals surface area (Å²) in [5.74, 6) is 1.05. The highest BCUT2D eigenvalue weighted by molar-refractivity contribution is 4.91. The smallest absolute Gasteiger partial charge is 0.0377 e. The first-order valence-electron chi connectivity index (χ1n) is 5.30. The van der Waals surface area contributed by atoms with Crippen LogP contribution in [0.3, 0.4) is 0 Å². The lowest BCUT2D eigenvalue weighted by molar-refractivity contribution is 0.612. The van der Waals surface area contributed by atoms with Gasteiger partial charge in [0.1, 0.15) is 0 Å². The van der Waals surface area contributed by atoms with Crippen LogP contribution < -0.4 is 0 Å². The molecule has 1 fully saturated rings. The van der Waals surface area contributed by atoms with Gasteiger partial charge in [0.25, 0.3) is 0 Å². The molecule has 1 rings (SSSR count). The van der Waals surface area contributed by atoms with Gasteiger partial charge < -0.3 is 0 Å². The minimum atomic E-state index is 1.05. The molecule has 1 saturated carbocycles. The van der Waals surface area contributed by atoms with Gasteiger partial charge in [0.05, 0.1) is 0 Å². The molecule has 0 amide bonds. The molecule has 72 valence electrons. The Kier molecular flexibility index (Phi) is 7.23. The van der Waals surface area contributed by atoms with E-state index in [1.807, 2.05) is 0 Å². The fourth-order valence-corrected chi connectivity index (χ4v) is 1.54. The van der Waals surface area contributed by atoms with E-state index in [0.29, 0.717) is 0 Å². The molecule has 0 bridgehead atoms. The molecule has 0 nitrogen and oxygen atoms in total. The van der Waals surface area contributed by atoms with Crippen molar-refractivity contribution in [3.8, 4) is 0 Å². The highest BCUT2D eigenvalue weighted by atomic mass is 14.1. The van der Waals surface area contributed by atoms with Crippen molar-refractivity contribution in [1.29, 1.82) is 0 Å². The van der Waals surface area contributed by atoms with E-state index in [4.69, 9.17) is 0 Å². The predicted molar refractivity (Wildman–Crippen MR) is 57.4 cm³/mol. The van der Waals surface area contributed by atoms with Gasteiger partial charge in [-0.2, -0.15) is 0 Å². The van der Waals surface area contributed by atoms with Gasteiger partial charge in [-0.05, 0) is 26.2 Å². The summed E-state index contributed by atoms with van der Waals surface area (Å²) in [7, 11) is 0. The maximum absolute atomic E-state index is 2.34. The minimum absolute atomic E-state index is 1.05. The highest BCUT2D eigenvalue weighted by Gasteiger charge is 2.07. The van der Waals surface area contributed by atoms with E-state index >= 15 is 0 Å². The van der Waals surface area contributed by atoms with Crippen LogP contribution in [0.4, 0.5) is 0 Å². The summed E-state index contributed by atoms with van der Waals surface area (Å²) in [6, 6.07) is 0. The molecule has 0 radical (unpaired) electrons.